The van der Waals surface area contributed by atoms with E-state index < -0.39 is 10.1 Å². The average Bonchev–Trinajstić information content (AvgIpc) is 3.11. The van der Waals surface area contributed by atoms with Crippen molar-refractivity contribution < 1.29 is 12.7 Å². The first kappa shape index (κ1) is 19.0. The van der Waals surface area contributed by atoms with Gasteiger partial charge in [-0.1, -0.05) is 58.9 Å². The van der Waals surface area contributed by atoms with Crippen molar-refractivity contribution in [3.05, 3.63) is 82.3 Å². The van der Waals surface area contributed by atoms with Gasteiger partial charge in [-0.25, -0.2) is 0 Å². The molecule has 5 nitrogen and oxygen atoms in total. The summed E-state index contributed by atoms with van der Waals surface area (Å²) in [5, 5.41) is 13.7. The zero-order valence-corrected chi connectivity index (χ0v) is 16.3. The fourth-order valence-corrected chi connectivity index (χ4v) is 4.06. The second kappa shape index (κ2) is 7.82. The van der Waals surface area contributed by atoms with Crippen LogP contribution in [0.4, 0.5) is 0 Å². The molecule has 1 aliphatic heterocycles. The van der Waals surface area contributed by atoms with Gasteiger partial charge in [-0.2, -0.15) is 13.7 Å². The lowest BCUT2D eigenvalue weighted by molar-refractivity contribution is 0.340. The van der Waals surface area contributed by atoms with E-state index >= 15 is 0 Å². The van der Waals surface area contributed by atoms with Gasteiger partial charge in [0, 0.05) is 4.91 Å². The van der Waals surface area contributed by atoms with Gasteiger partial charge < -0.3 is 0 Å². The summed E-state index contributed by atoms with van der Waals surface area (Å²) < 4.78 is 29.2. The van der Waals surface area contributed by atoms with Crippen molar-refractivity contribution in [1.29, 1.82) is 5.26 Å². The lowest BCUT2D eigenvalue weighted by atomic mass is 10.0. The minimum Gasteiger partial charge on any atom is -0.264 e. The second-order valence-electron chi connectivity index (χ2n) is 5.87. The Bertz CT molecular complexity index is 1110. The Labute approximate surface area is 162 Å². The van der Waals surface area contributed by atoms with Gasteiger partial charge in [0.05, 0.1) is 5.57 Å². The van der Waals surface area contributed by atoms with Crippen LogP contribution < -0.4 is 0 Å². The summed E-state index contributed by atoms with van der Waals surface area (Å²) in [6.07, 6.45) is 3.36. The third-order valence-electron chi connectivity index (χ3n) is 3.90. The van der Waals surface area contributed by atoms with Crippen LogP contribution in [-0.2, 0) is 14.4 Å². The van der Waals surface area contributed by atoms with E-state index in [1.807, 2.05) is 38.1 Å². The molecular weight excluding hydrogens is 380 g/mol. The van der Waals surface area contributed by atoms with Crippen LogP contribution in [-0.4, -0.2) is 13.5 Å². The average molecular weight is 396 g/mol. The monoisotopic (exact) mass is 396 g/mol. The van der Waals surface area contributed by atoms with E-state index in [-0.39, 0.29) is 4.90 Å². The molecule has 0 N–H and O–H groups in total. The van der Waals surface area contributed by atoms with E-state index in [2.05, 4.69) is 11.2 Å². The number of hydrogen-bond donors (Lipinski definition) is 0. The first-order valence-corrected chi connectivity index (χ1v) is 10.3. The predicted octanol–water partition coefficient (Wildman–Crippen LogP) is 4.56. The molecule has 0 fully saturated rings. The van der Waals surface area contributed by atoms with Crippen LogP contribution in [0.25, 0.3) is 5.57 Å². The van der Waals surface area contributed by atoms with Crippen LogP contribution in [0.15, 0.2) is 75.6 Å². The van der Waals surface area contributed by atoms with E-state index in [1.54, 1.807) is 24.3 Å². The molecule has 1 aliphatic rings. The Morgan fingerprint density at radius 3 is 2.44 bits per heavy atom. The molecule has 27 heavy (non-hydrogen) atoms. The van der Waals surface area contributed by atoms with Crippen molar-refractivity contribution in [2.45, 2.75) is 18.7 Å². The Balaban J connectivity index is 1.82. The van der Waals surface area contributed by atoms with E-state index in [9.17, 15) is 13.7 Å². The molecule has 2 aromatic carbocycles. The topological polar surface area (TPSA) is 79.5 Å². The molecule has 136 valence electrons. The van der Waals surface area contributed by atoms with Crippen molar-refractivity contribution in [2.75, 3.05) is 0 Å². The largest absolute Gasteiger partial charge is 0.358 e. The van der Waals surface area contributed by atoms with Crippen molar-refractivity contribution >= 4 is 32.5 Å². The minimum atomic E-state index is -3.98. The van der Waals surface area contributed by atoms with Gasteiger partial charge in [0.25, 0.3) is 0 Å². The fraction of sp³-hybridized carbons (Fsp3) is 0.100. The zero-order chi connectivity index (χ0) is 19.4. The molecule has 0 saturated heterocycles. The van der Waals surface area contributed by atoms with Crippen molar-refractivity contribution in [3.63, 3.8) is 0 Å². The van der Waals surface area contributed by atoms with Crippen molar-refractivity contribution in [3.8, 4) is 6.07 Å². The summed E-state index contributed by atoms with van der Waals surface area (Å²) in [5.41, 5.74) is 3.28. The van der Waals surface area contributed by atoms with Gasteiger partial charge >= 0.3 is 10.1 Å². The quantitative estimate of drug-likeness (QED) is 0.559. The van der Waals surface area contributed by atoms with Crippen LogP contribution in [0.1, 0.15) is 16.7 Å². The van der Waals surface area contributed by atoms with Gasteiger partial charge in [0.15, 0.2) is 0 Å². The number of thioether (sulfide) groups is 1. The molecule has 0 atom stereocenters. The molecule has 0 saturated carbocycles. The van der Waals surface area contributed by atoms with Crippen molar-refractivity contribution in [1.82, 2.24) is 0 Å². The summed E-state index contributed by atoms with van der Waals surface area (Å²) in [6, 6.07) is 16.1. The number of allylic oxidation sites excluding steroid dienone is 2. The number of oxime groups is 1. The van der Waals surface area contributed by atoms with Crippen molar-refractivity contribution in [2.24, 2.45) is 5.16 Å². The maximum atomic E-state index is 12.2. The maximum Gasteiger partial charge on any atom is 0.358 e. The zero-order valence-electron chi connectivity index (χ0n) is 14.7. The highest BCUT2D eigenvalue weighted by Crippen LogP contribution is 2.35. The molecule has 0 spiro atoms. The molecule has 0 amide bonds. The summed E-state index contributed by atoms with van der Waals surface area (Å²) in [5.74, 6) is 0. The van der Waals surface area contributed by atoms with Gasteiger partial charge in [-0.3, -0.25) is 4.28 Å². The highest BCUT2D eigenvalue weighted by Gasteiger charge is 2.19. The molecule has 0 radical (unpaired) electrons. The van der Waals surface area contributed by atoms with Gasteiger partial charge in [0.2, 0.25) is 0 Å². The summed E-state index contributed by atoms with van der Waals surface area (Å²) in [6.45, 7) is 3.80. The molecule has 0 aromatic heterocycles. The molecule has 1 heterocycles. The third-order valence-corrected chi connectivity index (χ3v) is 6.00. The highest BCUT2D eigenvalue weighted by atomic mass is 32.2. The van der Waals surface area contributed by atoms with Crippen LogP contribution in [0, 0.1) is 25.2 Å². The standard InChI is InChI=1S/C20H16N2O3S2/c1-14-7-9-16(10-8-14)27(23,24)25-22-20-12-11-19(26-20)18(13-21)17-6-4-3-5-15(17)2/h3-12H,1-2H3/b19-18+,22-20+. The smallest absolute Gasteiger partial charge is 0.264 e. The first-order chi connectivity index (χ1) is 12.9. The Hall–Kier alpha value is -2.82. The normalized spacial score (nSPS) is 17.0. The lowest BCUT2D eigenvalue weighted by Crippen LogP contribution is -2.03. The van der Waals surface area contributed by atoms with Crippen LogP contribution in [0.2, 0.25) is 0 Å². The Morgan fingerprint density at radius 2 is 1.78 bits per heavy atom. The van der Waals surface area contributed by atoms with Gasteiger partial charge in [-0.15, -0.1) is 0 Å². The molecule has 0 aliphatic carbocycles. The molecule has 3 rings (SSSR count). The number of rotatable bonds is 4. The number of hydrogen-bond acceptors (Lipinski definition) is 6. The van der Waals surface area contributed by atoms with E-state index in [0.29, 0.717) is 15.5 Å². The number of nitrogens with zero attached hydrogens (tertiary/aromatic N) is 2. The van der Waals surface area contributed by atoms with E-state index in [0.717, 1.165) is 16.7 Å². The van der Waals surface area contributed by atoms with Gasteiger partial charge in [-0.05, 0) is 49.3 Å². The third kappa shape index (κ3) is 4.30. The van der Waals surface area contributed by atoms with E-state index in [4.69, 9.17) is 4.28 Å². The lowest BCUT2D eigenvalue weighted by Gasteiger charge is -2.06. The Kier molecular flexibility index (Phi) is 5.49. The van der Waals surface area contributed by atoms with Crippen LogP contribution in [0.5, 0.6) is 0 Å². The van der Waals surface area contributed by atoms with Crippen LogP contribution >= 0.6 is 11.8 Å². The molecular formula is C20H16N2O3S2. The fourth-order valence-electron chi connectivity index (χ4n) is 2.45. The highest BCUT2D eigenvalue weighted by molar-refractivity contribution is 8.18. The minimum absolute atomic E-state index is 0.0396. The first-order valence-electron chi connectivity index (χ1n) is 8.05. The summed E-state index contributed by atoms with van der Waals surface area (Å²) >= 11 is 1.19. The molecule has 2 aromatic rings. The Morgan fingerprint density at radius 1 is 1.07 bits per heavy atom. The SMILES string of the molecule is Cc1ccc(S(=O)(=O)O/N=C2C=C/C(=C(/C#N)c3ccccc3C)S\2)cc1. The molecule has 0 bridgehead atoms. The summed E-state index contributed by atoms with van der Waals surface area (Å²) in [4.78, 5) is 0.736. The summed E-state index contributed by atoms with van der Waals surface area (Å²) in [7, 11) is -3.98. The predicted molar refractivity (Wildman–Crippen MR) is 107 cm³/mol. The number of aryl methyl sites for hydroxylation is 2. The second-order valence-corrected chi connectivity index (χ2v) is 8.46. The number of nitriles is 1. The molecule has 0 unspecified atom stereocenters. The van der Waals surface area contributed by atoms with Gasteiger partial charge in [0.1, 0.15) is 16.0 Å². The molecule has 7 heteroatoms. The van der Waals surface area contributed by atoms with Crippen LogP contribution in [0.3, 0.4) is 0 Å². The maximum absolute atomic E-state index is 12.2. The number of benzene rings is 2. The van der Waals surface area contributed by atoms with E-state index in [1.165, 1.54) is 23.9 Å².